The summed E-state index contributed by atoms with van der Waals surface area (Å²) in [6, 6.07) is 10.4. The van der Waals surface area contributed by atoms with E-state index in [-0.39, 0.29) is 11.5 Å². The van der Waals surface area contributed by atoms with Crippen LogP contribution in [-0.2, 0) is 18.7 Å². The van der Waals surface area contributed by atoms with Crippen molar-refractivity contribution in [3.63, 3.8) is 0 Å². The van der Waals surface area contributed by atoms with Gasteiger partial charge in [-0.3, -0.25) is 4.18 Å². The zero-order valence-corrected chi connectivity index (χ0v) is 18.9. The Morgan fingerprint density at radius 3 is 2.19 bits per heavy atom. The van der Waals surface area contributed by atoms with E-state index in [0.717, 1.165) is 36.5 Å². The van der Waals surface area contributed by atoms with Crippen molar-refractivity contribution in [3.8, 4) is 0 Å². The maximum Gasteiger partial charge on any atom is 0.296 e. The first kappa shape index (κ1) is 21.0. The van der Waals surface area contributed by atoms with E-state index in [1.807, 2.05) is 19.1 Å². The molecule has 0 amide bonds. The van der Waals surface area contributed by atoms with Gasteiger partial charge in [0.2, 0.25) is 0 Å². The van der Waals surface area contributed by atoms with E-state index < -0.39 is 18.4 Å². The molecule has 2 aliphatic rings. The molecule has 4 atom stereocenters. The molecule has 0 radical (unpaired) electrons. The molecule has 3 rings (SSSR count). The molecule has 0 aliphatic heterocycles. The lowest BCUT2D eigenvalue weighted by atomic mass is 9.87. The van der Waals surface area contributed by atoms with Crippen molar-refractivity contribution in [2.45, 2.75) is 76.1 Å². The highest BCUT2D eigenvalue weighted by atomic mass is 32.2. The first-order valence-electron chi connectivity index (χ1n) is 10.5. The SMILES string of the molecule is CC[Si](CC)(CC)O[C@@H]1C[C@@H]2C[C@@H](COS(=O)(=O)c3ccc(C)cc3)[C@H]1C2. The molecule has 27 heavy (non-hydrogen) atoms. The van der Waals surface area contributed by atoms with Gasteiger partial charge in [-0.05, 0) is 74.2 Å². The van der Waals surface area contributed by atoms with Gasteiger partial charge in [-0.2, -0.15) is 8.42 Å². The number of fused-ring (bicyclic) bond motifs is 2. The third-order valence-electron chi connectivity index (χ3n) is 6.97. The lowest BCUT2D eigenvalue weighted by Gasteiger charge is -2.37. The van der Waals surface area contributed by atoms with Crippen LogP contribution in [0, 0.1) is 24.7 Å². The summed E-state index contributed by atoms with van der Waals surface area (Å²) in [5.74, 6) is 1.43. The smallest absolute Gasteiger partial charge is 0.296 e. The van der Waals surface area contributed by atoms with Gasteiger partial charge in [0.25, 0.3) is 10.1 Å². The molecule has 2 saturated carbocycles. The van der Waals surface area contributed by atoms with Crippen LogP contribution in [0.3, 0.4) is 0 Å². The topological polar surface area (TPSA) is 52.6 Å². The molecular formula is C21H34O4SSi. The molecule has 1 aromatic carbocycles. The Hall–Kier alpha value is -0.693. The van der Waals surface area contributed by atoms with E-state index in [0.29, 0.717) is 23.9 Å². The van der Waals surface area contributed by atoms with E-state index in [9.17, 15) is 8.42 Å². The van der Waals surface area contributed by atoms with Gasteiger partial charge in [-0.15, -0.1) is 0 Å². The van der Waals surface area contributed by atoms with E-state index in [2.05, 4.69) is 20.8 Å². The Bertz CT molecular complexity index is 719. The predicted molar refractivity (Wildman–Crippen MR) is 111 cm³/mol. The minimum Gasteiger partial charge on any atom is -0.414 e. The molecule has 2 fully saturated rings. The Kier molecular flexibility index (Phi) is 6.51. The van der Waals surface area contributed by atoms with Crippen LogP contribution in [0.15, 0.2) is 29.2 Å². The van der Waals surface area contributed by atoms with Crippen LogP contribution < -0.4 is 0 Å². The van der Waals surface area contributed by atoms with E-state index in [4.69, 9.17) is 8.61 Å². The highest BCUT2D eigenvalue weighted by Crippen LogP contribution is 2.51. The molecule has 2 aliphatic carbocycles. The fraction of sp³-hybridized carbons (Fsp3) is 0.714. The van der Waals surface area contributed by atoms with Crippen molar-refractivity contribution in [1.29, 1.82) is 0 Å². The molecule has 0 heterocycles. The number of hydrogen-bond acceptors (Lipinski definition) is 4. The number of hydrogen-bond donors (Lipinski definition) is 0. The van der Waals surface area contributed by atoms with Crippen LogP contribution in [0.5, 0.6) is 0 Å². The fourth-order valence-corrected chi connectivity index (χ4v) is 8.90. The third kappa shape index (κ3) is 4.49. The Morgan fingerprint density at radius 1 is 1.00 bits per heavy atom. The summed E-state index contributed by atoms with van der Waals surface area (Å²) in [5.41, 5.74) is 1.04. The van der Waals surface area contributed by atoms with Crippen LogP contribution in [0.2, 0.25) is 18.1 Å². The van der Waals surface area contributed by atoms with E-state index in [1.54, 1.807) is 12.1 Å². The number of benzene rings is 1. The second-order valence-electron chi connectivity index (χ2n) is 8.45. The molecule has 0 N–H and O–H groups in total. The van der Waals surface area contributed by atoms with Gasteiger partial charge in [0.05, 0.1) is 11.5 Å². The van der Waals surface area contributed by atoms with Gasteiger partial charge >= 0.3 is 0 Å². The molecule has 1 aromatic rings. The standard InChI is InChI=1S/C21H34O4SSi/c1-5-27(6-2,7-3)25-21-14-17-12-18(20(21)13-17)15-24-26(22,23)19-10-8-16(4)9-11-19/h8-11,17-18,20-21H,5-7,12-15H2,1-4H3/t17-,18+,20-,21-/m1/s1. The second-order valence-corrected chi connectivity index (χ2v) is 14.8. The highest BCUT2D eigenvalue weighted by Gasteiger charge is 2.49. The summed E-state index contributed by atoms with van der Waals surface area (Å²) in [5, 5.41) is 0. The average Bonchev–Trinajstić information content (AvgIpc) is 3.25. The summed E-state index contributed by atoms with van der Waals surface area (Å²) in [4.78, 5) is 0.249. The van der Waals surface area contributed by atoms with Crippen molar-refractivity contribution < 1.29 is 17.0 Å². The minimum atomic E-state index is -3.68. The van der Waals surface area contributed by atoms with Crippen molar-refractivity contribution in [1.82, 2.24) is 0 Å². The van der Waals surface area contributed by atoms with Gasteiger partial charge in [0.1, 0.15) is 0 Å². The summed E-state index contributed by atoms with van der Waals surface area (Å²) in [6.07, 6.45) is 3.71. The van der Waals surface area contributed by atoms with Gasteiger partial charge < -0.3 is 4.43 Å². The normalized spacial score (nSPS) is 28.0. The minimum absolute atomic E-state index is 0.249. The number of aryl methyl sites for hydroxylation is 1. The molecular weight excluding hydrogens is 376 g/mol. The van der Waals surface area contributed by atoms with Crippen molar-refractivity contribution in [3.05, 3.63) is 29.8 Å². The zero-order valence-electron chi connectivity index (χ0n) is 17.1. The van der Waals surface area contributed by atoms with Gasteiger partial charge in [0.15, 0.2) is 8.32 Å². The Balaban J connectivity index is 1.62. The van der Waals surface area contributed by atoms with Gasteiger partial charge in [-0.1, -0.05) is 38.5 Å². The van der Waals surface area contributed by atoms with Gasteiger partial charge in [0, 0.05) is 6.10 Å². The van der Waals surface area contributed by atoms with Crippen LogP contribution in [0.25, 0.3) is 0 Å². The lowest BCUT2D eigenvalue weighted by molar-refractivity contribution is 0.0720. The molecule has 0 aromatic heterocycles. The molecule has 152 valence electrons. The van der Waals surface area contributed by atoms with Crippen molar-refractivity contribution >= 4 is 18.4 Å². The molecule has 0 spiro atoms. The van der Waals surface area contributed by atoms with Crippen LogP contribution in [-0.4, -0.2) is 29.4 Å². The lowest BCUT2D eigenvalue weighted by Crippen LogP contribution is -2.43. The van der Waals surface area contributed by atoms with Crippen LogP contribution >= 0.6 is 0 Å². The fourth-order valence-electron chi connectivity index (χ4n) is 5.03. The second kappa shape index (κ2) is 8.35. The maximum atomic E-state index is 12.5. The summed E-state index contributed by atoms with van der Waals surface area (Å²) >= 11 is 0. The zero-order chi connectivity index (χ0) is 19.7. The predicted octanol–water partition coefficient (Wildman–Crippen LogP) is 5.14. The van der Waals surface area contributed by atoms with Gasteiger partial charge in [-0.25, -0.2) is 0 Å². The monoisotopic (exact) mass is 410 g/mol. The van der Waals surface area contributed by atoms with Crippen LogP contribution in [0.1, 0.15) is 45.6 Å². The van der Waals surface area contributed by atoms with Crippen molar-refractivity contribution in [2.75, 3.05) is 6.61 Å². The molecule has 4 nitrogen and oxygen atoms in total. The summed E-state index contributed by atoms with van der Waals surface area (Å²) in [6.45, 7) is 9.03. The average molecular weight is 411 g/mol. The Morgan fingerprint density at radius 2 is 1.63 bits per heavy atom. The molecule has 0 unspecified atom stereocenters. The molecule has 6 heteroatoms. The quantitative estimate of drug-likeness (QED) is 0.418. The maximum absolute atomic E-state index is 12.5. The number of rotatable bonds is 9. The summed E-state index contributed by atoms with van der Waals surface area (Å²) in [7, 11) is -5.31. The largest absolute Gasteiger partial charge is 0.414 e. The van der Waals surface area contributed by atoms with E-state index in [1.165, 1.54) is 6.42 Å². The first-order valence-corrected chi connectivity index (χ1v) is 14.4. The first-order chi connectivity index (χ1) is 12.8. The molecule has 2 bridgehead atoms. The van der Waals surface area contributed by atoms with E-state index >= 15 is 0 Å². The highest BCUT2D eigenvalue weighted by molar-refractivity contribution is 7.86. The summed E-state index contributed by atoms with van der Waals surface area (Å²) < 4.78 is 37.3. The Labute approximate surface area is 165 Å². The third-order valence-corrected chi connectivity index (χ3v) is 12.9. The van der Waals surface area contributed by atoms with Crippen molar-refractivity contribution in [2.24, 2.45) is 17.8 Å². The molecule has 0 saturated heterocycles. The van der Waals surface area contributed by atoms with Crippen LogP contribution in [0.4, 0.5) is 0 Å².